The summed E-state index contributed by atoms with van der Waals surface area (Å²) in [6, 6.07) is 0. The van der Waals surface area contributed by atoms with Crippen molar-refractivity contribution in [3.8, 4) is 0 Å². The predicted octanol–water partition coefficient (Wildman–Crippen LogP) is 22.5. The lowest BCUT2D eigenvalue weighted by Crippen LogP contribution is -2.51. The van der Waals surface area contributed by atoms with Crippen LogP contribution in [0.15, 0.2) is 59.9 Å². The minimum absolute atomic E-state index is 0.142. The van der Waals surface area contributed by atoms with Crippen LogP contribution in [-0.2, 0) is 75.8 Å². The number of hydrogen-bond donors (Lipinski definition) is 2. The first-order chi connectivity index (χ1) is 40.1. The Bertz CT molecular complexity index is 2930. The summed E-state index contributed by atoms with van der Waals surface area (Å²) in [7, 11) is 0. The number of fused-ring (bicyclic) bond motifs is 7. The first-order valence-electron chi connectivity index (χ1n) is 33.4. The Kier molecular flexibility index (Phi) is 21.1. The van der Waals surface area contributed by atoms with Gasteiger partial charge in [0.2, 0.25) is 0 Å². The summed E-state index contributed by atoms with van der Waals surface area (Å²) in [6.07, 6.45) is 9.95. The van der Waals surface area contributed by atoms with Crippen molar-refractivity contribution in [3.05, 3.63) is 138 Å². The van der Waals surface area contributed by atoms with Gasteiger partial charge in [0, 0.05) is 116 Å². The van der Waals surface area contributed by atoms with Crippen LogP contribution >= 0.6 is 11.3 Å². The van der Waals surface area contributed by atoms with Crippen LogP contribution in [0.1, 0.15) is 345 Å². The number of aromatic nitrogens is 6. The van der Waals surface area contributed by atoms with E-state index in [1.807, 2.05) is 106 Å². The molecule has 2 N–H and O–H groups in total. The van der Waals surface area contributed by atoms with E-state index in [0.717, 1.165) is 34.4 Å². The lowest BCUT2D eigenvalue weighted by molar-refractivity contribution is 0.174. The Balaban J connectivity index is 0.000000215. The fourth-order valence-electron chi connectivity index (χ4n) is 13.8. The summed E-state index contributed by atoms with van der Waals surface area (Å²) < 4.78 is 20.9. The highest BCUT2D eigenvalue weighted by atomic mass is 32.1. The zero-order valence-electron chi connectivity index (χ0n) is 63.4. The Morgan fingerprint density at radius 3 is 1.01 bits per heavy atom. The van der Waals surface area contributed by atoms with E-state index in [9.17, 15) is 0 Å². The van der Waals surface area contributed by atoms with Crippen molar-refractivity contribution in [2.45, 2.75) is 346 Å². The van der Waals surface area contributed by atoms with Crippen molar-refractivity contribution in [1.29, 1.82) is 0 Å². The second kappa shape index (κ2) is 24.6. The van der Waals surface area contributed by atoms with E-state index in [1.165, 1.54) is 50.2 Å². The van der Waals surface area contributed by atoms with Gasteiger partial charge < -0.3 is 23.0 Å². The van der Waals surface area contributed by atoms with Gasteiger partial charge in [-0.15, -0.1) is 0 Å². The van der Waals surface area contributed by atoms with Crippen LogP contribution < -0.4 is 0 Å². The number of H-pyrrole nitrogens is 2. The summed E-state index contributed by atoms with van der Waals surface area (Å²) in [6.45, 7) is 85.5. The molecular weight excluding hydrogens is 1100 g/mol. The van der Waals surface area contributed by atoms with Gasteiger partial charge in [-0.1, -0.05) is 265 Å². The van der Waals surface area contributed by atoms with Crippen LogP contribution in [-0.4, -0.2) is 30.7 Å². The molecule has 0 bridgehead atoms. The van der Waals surface area contributed by atoms with Crippen LogP contribution in [0.4, 0.5) is 0 Å². The lowest BCUT2D eigenvalue weighted by Gasteiger charge is -2.52. The van der Waals surface area contributed by atoms with E-state index < -0.39 is 0 Å². The molecule has 0 fully saturated rings. The zero-order chi connectivity index (χ0) is 68.5. The number of hydrogen-bond acceptors (Lipinski definition) is 9. The third kappa shape index (κ3) is 10.6. The quantitative estimate of drug-likeness (QED) is 0.153. The van der Waals surface area contributed by atoms with Crippen molar-refractivity contribution < 1.29 is 18.0 Å². The van der Waals surface area contributed by atoms with Gasteiger partial charge in [-0.05, 0) is 64.6 Å². The molecular formula is C77H126N6O4S. The summed E-state index contributed by atoms with van der Waals surface area (Å²) in [5.41, 5.74) is 22.4. The van der Waals surface area contributed by atoms with Gasteiger partial charge >= 0.3 is 0 Å². The van der Waals surface area contributed by atoms with Gasteiger partial charge in [-0.3, -0.25) is 5.10 Å². The monoisotopic (exact) mass is 1230 g/mol. The number of rotatable bonds is 0. The largest absolute Gasteiger partial charge is 0.472 e. The molecule has 14 rings (SSSR count). The van der Waals surface area contributed by atoms with Crippen LogP contribution in [0.25, 0.3) is 0 Å². The highest BCUT2D eigenvalue weighted by molar-refractivity contribution is 7.08. The molecule has 7 aromatic heterocycles. The molecule has 0 spiro atoms. The zero-order valence-corrected chi connectivity index (χ0v) is 64.2. The third-order valence-electron chi connectivity index (χ3n) is 25.2. The minimum atomic E-state index is 0.142. The van der Waals surface area contributed by atoms with Crippen LogP contribution in [0.2, 0.25) is 0 Å². The van der Waals surface area contributed by atoms with E-state index in [2.05, 4.69) is 248 Å². The average Bonchev–Trinajstić information content (AvgIpc) is 2.52. The van der Waals surface area contributed by atoms with Gasteiger partial charge in [0.15, 0.2) is 0 Å². The molecule has 7 heterocycles. The molecule has 0 saturated heterocycles. The number of nitrogens with zero attached hydrogens (tertiary/aromatic N) is 4. The smallest absolute Gasteiger partial charge is 0.147 e. The molecule has 7 aliphatic carbocycles. The number of aromatic amines is 2. The highest BCUT2D eigenvalue weighted by Gasteiger charge is 2.59. The molecule has 7 aromatic rings. The molecule has 0 unspecified atom stereocenters. The molecule has 0 aliphatic heterocycles. The van der Waals surface area contributed by atoms with Gasteiger partial charge in [0.05, 0.1) is 35.8 Å². The van der Waals surface area contributed by atoms with E-state index in [4.69, 9.17) is 18.0 Å². The molecule has 0 saturated carbocycles. The van der Waals surface area contributed by atoms with E-state index in [0.29, 0.717) is 21.7 Å². The summed E-state index contributed by atoms with van der Waals surface area (Å²) in [5, 5.41) is 23.8. The summed E-state index contributed by atoms with van der Waals surface area (Å²) in [5.74, 6) is 3.13. The molecule has 11 heteroatoms. The van der Waals surface area contributed by atoms with E-state index in [-0.39, 0.29) is 54.1 Å². The van der Waals surface area contributed by atoms with Crippen molar-refractivity contribution in [3.63, 3.8) is 0 Å². The van der Waals surface area contributed by atoms with Crippen LogP contribution in [0.3, 0.4) is 0 Å². The molecule has 7 aliphatic rings. The molecule has 494 valence electrons. The van der Waals surface area contributed by atoms with Crippen LogP contribution in [0.5, 0.6) is 0 Å². The molecule has 0 amide bonds. The highest BCUT2D eigenvalue weighted by Crippen LogP contribution is 2.61. The van der Waals surface area contributed by atoms with E-state index >= 15 is 0 Å². The SMILES string of the molecule is CC.CC.CC.CC.CC1(C)c2c[nH]cc2C1(C)C.CC1(C)c2cn[nH]c2C1(C)C.CC1(C)c2cocc2C1(C)C.CC1(C)c2cscc2C1(C)C.Cc1noc2c1C(C)(C)C2(C)C.Cc1noc2c1C(C)(C)C2(C)C.Cc1onc2c1C(C)(C)C2(C)C. The molecule has 10 nitrogen and oxygen atoms in total. The van der Waals surface area contributed by atoms with E-state index in [1.54, 1.807) is 11.1 Å². The second-order valence-electron chi connectivity index (χ2n) is 32.0. The Labute approximate surface area is 540 Å². The summed E-state index contributed by atoms with van der Waals surface area (Å²) >= 11 is 1.83. The van der Waals surface area contributed by atoms with Gasteiger partial charge in [-0.25, -0.2) is 0 Å². The fourth-order valence-corrected chi connectivity index (χ4v) is 15.0. The molecule has 0 atom stereocenters. The number of nitrogens with one attached hydrogen (secondary N) is 2. The standard InChI is InChI=1S/3C10H15NO.C10H15N.C10H14O.C10H14S.C9H14N2.4C2H6/c1-6-7-8(11-12-6)10(4,5)9(7,2)3;2*1-6-7-8(12-11-6)10(4,5)9(7,2)3;3*1-9(2)7-5-11-6-8(7)10(9,3)4;1-8(2)6-5-10-11-7(6)9(8,3)4;4*1-2/h3*1-5H3;5-6,11H,1-4H3;2*5-6H,1-4H3;5H,1-4H3,(H,10,11);4*1-2H3. The normalized spacial score (nSPS) is 21.7. The Morgan fingerprint density at radius 1 is 0.341 bits per heavy atom. The second-order valence-corrected chi connectivity index (χ2v) is 32.7. The van der Waals surface area contributed by atoms with Gasteiger partial charge in [0.1, 0.15) is 17.3 Å². The Morgan fingerprint density at radius 2 is 0.670 bits per heavy atom. The first kappa shape index (κ1) is 75.6. The Hall–Kier alpha value is -4.90. The number of thiophene rings is 1. The van der Waals surface area contributed by atoms with Gasteiger partial charge in [-0.2, -0.15) is 16.4 Å². The van der Waals surface area contributed by atoms with Crippen molar-refractivity contribution >= 4 is 11.3 Å². The molecule has 0 aromatic carbocycles. The van der Waals surface area contributed by atoms with Crippen LogP contribution in [0, 0.1) is 20.8 Å². The van der Waals surface area contributed by atoms with Gasteiger partial charge in [0.25, 0.3) is 0 Å². The van der Waals surface area contributed by atoms with Crippen molar-refractivity contribution in [1.82, 2.24) is 30.7 Å². The predicted molar refractivity (Wildman–Crippen MR) is 374 cm³/mol. The number of aryl methyl sites for hydroxylation is 3. The molecule has 0 radical (unpaired) electrons. The maximum absolute atomic E-state index is 5.28. The fraction of sp³-hybridized carbons (Fsp3) is 0.688. The maximum Gasteiger partial charge on any atom is 0.147 e. The number of furan rings is 1. The average molecular weight is 1230 g/mol. The summed E-state index contributed by atoms with van der Waals surface area (Å²) in [4.78, 5) is 3.17. The maximum atomic E-state index is 5.28. The van der Waals surface area contributed by atoms with Crippen molar-refractivity contribution in [2.75, 3.05) is 0 Å². The topological polar surface area (TPSA) is 136 Å². The minimum Gasteiger partial charge on any atom is -0.472 e. The lowest BCUT2D eigenvalue weighted by atomic mass is 9.51. The molecule has 88 heavy (non-hydrogen) atoms. The third-order valence-corrected chi connectivity index (χ3v) is 25.9. The first-order valence-corrected chi connectivity index (χ1v) is 34.3. The van der Waals surface area contributed by atoms with Crippen molar-refractivity contribution in [2.24, 2.45) is 0 Å².